The fourth-order valence-electron chi connectivity index (χ4n) is 5.06. The van der Waals surface area contributed by atoms with Crippen molar-refractivity contribution in [3.63, 3.8) is 0 Å². The van der Waals surface area contributed by atoms with Crippen LogP contribution < -0.4 is 19.1 Å². The second kappa shape index (κ2) is 12.7. The minimum absolute atomic E-state index is 0.101. The van der Waals surface area contributed by atoms with Gasteiger partial charge in [0.05, 0.1) is 11.9 Å². The average molecular weight is 558 g/mol. The van der Waals surface area contributed by atoms with Crippen molar-refractivity contribution < 1.29 is 27.5 Å². The Morgan fingerprint density at radius 3 is 2.36 bits per heavy atom. The molecule has 1 heterocycles. The van der Waals surface area contributed by atoms with Crippen LogP contribution in [-0.2, 0) is 26.2 Å². The number of anilines is 1. The van der Waals surface area contributed by atoms with Crippen LogP contribution in [0.15, 0.2) is 42.5 Å². The van der Waals surface area contributed by atoms with Gasteiger partial charge in [-0.2, -0.15) is 0 Å². The molecule has 0 saturated heterocycles. The molecule has 2 aromatic carbocycles. The Balaban J connectivity index is 1.45. The molecule has 2 amide bonds. The second-order valence-electron chi connectivity index (χ2n) is 10.4. The number of carbonyl (C=O) groups excluding carboxylic acids is 2. The molecule has 0 unspecified atom stereocenters. The molecule has 0 bridgehead atoms. The number of aryl methyl sites for hydroxylation is 1. The van der Waals surface area contributed by atoms with Crippen molar-refractivity contribution in [1.82, 2.24) is 10.2 Å². The molecule has 1 atom stereocenters. The number of carbonyl (C=O) groups is 2. The van der Waals surface area contributed by atoms with Crippen molar-refractivity contribution in [2.75, 3.05) is 30.3 Å². The maximum atomic E-state index is 13.5. The van der Waals surface area contributed by atoms with Crippen molar-refractivity contribution in [2.45, 2.75) is 71.0 Å². The highest BCUT2D eigenvalue weighted by molar-refractivity contribution is 7.92. The fraction of sp³-hybridized carbons (Fsp3) is 0.517. The highest BCUT2D eigenvalue weighted by Gasteiger charge is 2.29. The lowest BCUT2D eigenvalue weighted by atomic mass is 10.1. The summed E-state index contributed by atoms with van der Waals surface area (Å²) in [6.45, 7) is 5.02. The van der Waals surface area contributed by atoms with Gasteiger partial charge in [-0.25, -0.2) is 8.42 Å². The molecular weight excluding hydrogens is 518 g/mol. The van der Waals surface area contributed by atoms with Gasteiger partial charge in [-0.05, 0) is 50.8 Å². The first kappa shape index (κ1) is 28.7. The fourth-order valence-corrected chi connectivity index (χ4v) is 6.01. The largest absolute Gasteiger partial charge is 0.486 e. The quantitative estimate of drug-likeness (QED) is 0.451. The predicted molar refractivity (Wildman–Crippen MR) is 150 cm³/mol. The van der Waals surface area contributed by atoms with E-state index in [0.717, 1.165) is 43.1 Å². The van der Waals surface area contributed by atoms with Gasteiger partial charge >= 0.3 is 0 Å². The molecule has 39 heavy (non-hydrogen) atoms. The maximum Gasteiger partial charge on any atom is 0.242 e. The number of rotatable bonds is 11. The second-order valence-corrected chi connectivity index (χ2v) is 12.3. The summed E-state index contributed by atoms with van der Waals surface area (Å²) < 4.78 is 37.7. The molecule has 4 rings (SSSR count). The van der Waals surface area contributed by atoms with Crippen LogP contribution in [0, 0.1) is 6.92 Å². The smallest absolute Gasteiger partial charge is 0.242 e. The zero-order valence-corrected chi connectivity index (χ0v) is 23.8. The number of fused-ring (bicyclic) bond motifs is 1. The molecule has 212 valence electrons. The number of ether oxygens (including phenoxy) is 2. The summed E-state index contributed by atoms with van der Waals surface area (Å²) in [5.41, 5.74) is 2.50. The Hall–Kier alpha value is -3.27. The van der Waals surface area contributed by atoms with Gasteiger partial charge in [0.2, 0.25) is 21.8 Å². The number of hydrogen-bond acceptors (Lipinski definition) is 6. The van der Waals surface area contributed by atoms with Crippen molar-refractivity contribution in [1.29, 1.82) is 0 Å². The monoisotopic (exact) mass is 557 g/mol. The first-order valence-electron chi connectivity index (χ1n) is 13.6. The standard InChI is InChI=1S/C29H39N3O6S/c1-21-10-12-23(13-11-21)20-31(22(2)29(34)30-24-7-4-5-8-24)28(33)9-6-16-32(39(3,35)36)25-14-15-26-27(19-25)38-18-17-37-26/h10-15,19,22,24H,4-9,16-18,20H2,1-3H3,(H,30,34)/t22-/m0/s1. The lowest BCUT2D eigenvalue weighted by Gasteiger charge is -2.30. The van der Waals surface area contributed by atoms with Crippen molar-refractivity contribution in [3.05, 3.63) is 53.6 Å². The van der Waals surface area contributed by atoms with Crippen LogP contribution >= 0.6 is 0 Å². The minimum atomic E-state index is -3.61. The molecule has 1 N–H and O–H groups in total. The Bertz CT molecular complexity index is 1260. The molecule has 2 aliphatic rings. The molecule has 9 nitrogen and oxygen atoms in total. The third kappa shape index (κ3) is 7.65. The molecule has 0 aromatic heterocycles. The summed E-state index contributed by atoms with van der Waals surface area (Å²) in [5, 5.41) is 3.11. The molecule has 1 aliphatic carbocycles. The number of nitrogens with zero attached hydrogens (tertiary/aromatic N) is 2. The zero-order chi connectivity index (χ0) is 28.0. The van der Waals surface area contributed by atoms with Gasteiger partial charge in [0.15, 0.2) is 11.5 Å². The summed E-state index contributed by atoms with van der Waals surface area (Å²) >= 11 is 0. The van der Waals surface area contributed by atoms with Crippen LogP contribution in [-0.4, -0.2) is 63.2 Å². The average Bonchev–Trinajstić information content (AvgIpc) is 3.42. The maximum absolute atomic E-state index is 13.5. The highest BCUT2D eigenvalue weighted by atomic mass is 32.2. The van der Waals surface area contributed by atoms with Crippen LogP contribution in [0.25, 0.3) is 0 Å². The molecule has 1 aliphatic heterocycles. The van der Waals surface area contributed by atoms with E-state index in [2.05, 4.69) is 5.32 Å². The molecule has 1 fully saturated rings. The highest BCUT2D eigenvalue weighted by Crippen LogP contribution is 2.34. The van der Waals surface area contributed by atoms with Crippen LogP contribution in [0.2, 0.25) is 0 Å². The van der Waals surface area contributed by atoms with E-state index < -0.39 is 16.1 Å². The number of sulfonamides is 1. The van der Waals surface area contributed by atoms with Crippen LogP contribution in [0.3, 0.4) is 0 Å². The zero-order valence-electron chi connectivity index (χ0n) is 23.0. The third-order valence-electron chi connectivity index (χ3n) is 7.31. The normalized spacial score (nSPS) is 16.0. The topological polar surface area (TPSA) is 105 Å². The third-order valence-corrected chi connectivity index (χ3v) is 8.50. The van der Waals surface area contributed by atoms with E-state index in [1.165, 1.54) is 4.31 Å². The number of nitrogens with one attached hydrogen (secondary N) is 1. The molecule has 1 saturated carbocycles. The number of amides is 2. The van der Waals surface area contributed by atoms with Gasteiger partial charge < -0.3 is 19.7 Å². The van der Waals surface area contributed by atoms with Gasteiger partial charge in [-0.1, -0.05) is 42.7 Å². The van der Waals surface area contributed by atoms with Gasteiger partial charge in [0, 0.05) is 31.6 Å². The van der Waals surface area contributed by atoms with E-state index in [0.29, 0.717) is 43.4 Å². The molecule has 0 spiro atoms. The summed E-state index contributed by atoms with van der Waals surface area (Å²) in [6, 6.07) is 12.4. The van der Waals surface area contributed by atoms with Gasteiger partial charge in [-0.15, -0.1) is 0 Å². The lowest BCUT2D eigenvalue weighted by Crippen LogP contribution is -2.49. The summed E-state index contributed by atoms with van der Waals surface area (Å²) in [7, 11) is -3.61. The predicted octanol–water partition coefficient (Wildman–Crippen LogP) is 3.79. The molecule has 0 radical (unpaired) electrons. The molecule has 2 aromatic rings. The SMILES string of the molecule is Cc1ccc(CN(C(=O)CCCN(c2ccc3c(c2)OCCO3)S(C)(=O)=O)[C@@H](C)C(=O)NC2CCCC2)cc1. The minimum Gasteiger partial charge on any atom is -0.486 e. The number of benzene rings is 2. The number of hydrogen-bond donors (Lipinski definition) is 1. The first-order valence-corrected chi connectivity index (χ1v) is 15.5. The van der Waals surface area contributed by atoms with Crippen molar-refractivity contribution in [3.8, 4) is 11.5 Å². The van der Waals surface area contributed by atoms with Gasteiger partial charge in [-0.3, -0.25) is 13.9 Å². The Kier molecular flexibility index (Phi) is 9.37. The summed E-state index contributed by atoms with van der Waals surface area (Å²) in [4.78, 5) is 28.2. The molecular formula is C29H39N3O6S. The summed E-state index contributed by atoms with van der Waals surface area (Å²) in [6.07, 6.45) is 5.67. The first-order chi connectivity index (χ1) is 18.6. The Labute approximate surface area is 231 Å². The van der Waals surface area contributed by atoms with Crippen molar-refractivity contribution >= 4 is 27.5 Å². The van der Waals surface area contributed by atoms with E-state index in [1.54, 1.807) is 30.0 Å². The Morgan fingerprint density at radius 2 is 1.69 bits per heavy atom. The van der Waals surface area contributed by atoms with E-state index in [4.69, 9.17) is 9.47 Å². The van der Waals surface area contributed by atoms with Gasteiger partial charge in [0.25, 0.3) is 0 Å². The van der Waals surface area contributed by atoms with Crippen LogP contribution in [0.1, 0.15) is 56.6 Å². The molecule has 10 heteroatoms. The van der Waals surface area contributed by atoms with E-state index >= 15 is 0 Å². The Morgan fingerprint density at radius 1 is 1.03 bits per heavy atom. The van der Waals surface area contributed by atoms with Gasteiger partial charge in [0.1, 0.15) is 19.3 Å². The van der Waals surface area contributed by atoms with E-state index in [9.17, 15) is 18.0 Å². The van der Waals surface area contributed by atoms with Crippen molar-refractivity contribution in [2.24, 2.45) is 0 Å². The van der Waals surface area contributed by atoms with Crippen LogP contribution in [0.4, 0.5) is 5.69 Å². The lowest BCUT2D eigenvalue weighted by molar-refractivity contribution is -0.141. The van der Waals surface area contributed by atoms with Crippen LogP contribution in [0.5, 0.6) is 11.5 Å². The van der Waals surface area contributed by atoms with E-state index in [-0.39, 0.29) is 30.8 Å². The summed E-state index contributed by atoms with van der Waals surface area (Å²) in [5.74, 6) is 0.719. The van der Waals surface area contributed by atoms with E-state index in [1.807, 2.05) is 31.2 Å².